The zero-order chi connectivity index (χ0) is 18.5. The van der Waals surface area contributed by atoms with Crippen LogP contribution in [0, 0.1) is 0 Å². The highest BCUT2D eigenvalue weighted by molar-refractivity contribution is 6.07. The zero-order valence-electron chi connectivity index (χ0n) is 15.0. The predicted molar refractivity (Wildman–Crippen MR) is 101 cm³/mol. The quantitative estimate of drug-likeness (QED) is 0.900. The second-order valence-corrected chi connectivity index (χ2v) is 6.86. The van der Waals surface area contributed by atoms with E-state index in [4.69, 9.17) is 0 Å². The minimum absolute atomic E-state index is 0.0238. The normalized spacial score (nSPS) is 15.0. The molecule has 5 nitrogen and oxygen atoms in total. The number of ketones is 1. The smallest absolute Gasteiger partial charge is 0.254 e. The molecule has 0 radical (unpaired) electrons. The van der Waals surface area contributed by atoms with Gasteiger partial charge in [-0.2, -0.15) is 0 Å². The van der Waals surface area contributed by atoms with Crippen LogP contribution < -0.4 is 5.32 Å². The van der Waals surface area contributed by atoms with E-state index in [9.17, 15) is 14.4 Å². The van der Waals surface area contributed by atoms with E-state index in [0.29, 0.717) is 13.1 Å². The van der Waals surface area contributed by atoms with E-state index >= 15 is 0 Å². The fourth-order valence-corrected chi connectivity index (χ4v) is 3.40. The number of hydrogen-bond acceptors (Lipinski definition) is 3. The molecule has 0 aliphatic carbocycles. The number of fused-ring (bicyclic) bond motifs is 1. The summed E-state index contributed by atoms with van der Waals surface area (Å²) in [5.41, 5.74) is 0.729. The van der Waals surface area contributed by atoms with Crippen molar-refractivity contribution in [3.8, 4) is 0 Å². The summed E-state index contributed by atoms with van der Waals surface area (Å²) in [4.78, 5) is 37.6. The Balaban J connectivity index is 1.58. The van der Waals surface area contributed by atoms with Crippen LogP contribution in [-0.4, -0.2) is 41.6 Å². The number of benzene rings is 2. The molecule has 0 bridgehead atoms. The van der Waals surface area contributed by atoms with Crippen LogP contribution in [0.5, 0.6) is 0 Å². The number of nitrogens with zero attached hydrogens (tertiary/aromatic N) is 1. The van der Waals surface area contributed by atoms with Crippen molar-refractivity contribution in [1.29, 1.82) is 0 Å². The van der Waals surface area contributed by atoms with Gasteiger partial charge in [0, 0.05) is 37.5 Å². The van der Waals surface area contributed by atoms with Gasteiger partial charge < -0.3 is 15.0 Å². The van der Waals surface area contributed by atoms with E-state index < -0.39 is 0 Å². The predicted octanol–water partition coefficient (Wildman–Crippen LogP) is 2.93. The van der Waals surface area contributed by atoms with E-state index in [1.54, 1.807) is 0 Å². The number of Topliss-reactive ketones (excluding diaryl/α,β-unsaturated/α-hetero) is 1. The number of carbonyl (C=O) groups is 3. The van der Waals surface area contributed by atoms with Gasteiger partial charge in [-0.05, 0) is 36.6 Å². The van der Waals surface area contributed by atoms with Crippen molar-refractivity contribution in [1.82, 2.24) is 10.2 Å². The van der Waals surface area contributed by atoms with Crippen molar-refractivity contribution in [2.24, 2.45) is 0 Å². The van der Waals surface area contributed by atoms with Crippen LogP contribution in [0.3, 0.4) is 0 Å². The molecule has 0 saturated carbocycles. The third-order valence-corrected chi connectivity index (χ3v) is 4.87. The number of piperidine rings is 1. The van der Waals surface area contributed by atoms with Gasteiger partial charge in [0.2, 0.25) is 5.91 Å². The largest absolute Gasteiger partial charge is 0.353 e. The minimum Gasteiger partial charge on any atom is -0.353 e. The first-order valence-electron chi connectivity index (χ1n) is 9.10. The second-order valence-electron chi connectivity index (χ2n) is 6.86. The molecule has 1 heterocycles. The summed E-state index contributed by atoms with van der Waals surface area (Å²) in [5.74, 6) is -0.0159. The van der Waals surface area contributed by atoms with Gasteiger partial charge in [0.15, 0.2) is 0 Å². The summed E-state index contributed by atoms with van der Waals surface area (Å²) in [6.07, 6.45) is 2.00. The first kappa shape index (κ1) is 18.1. The maximum atomic E-state index is 12.9. The van der Waals surface area contributed by atoms with E-state index in [1.807, 2.05) is 47.4 Å². The Labute approximate surface area is 153 Å². The van der Waals surface area contributed by atoms with Gasteiger partial charge in [-0.3, -0.25) is 9.59 Å². The highest BCUT2D eigenvalue weighted by atomic mass is 16.2. The van der Waals surface area contributed by atoms with Gasteiger partial charge in [0.05, 0.1) is 0 Å². The summed E-state index contributed by atoms with van der Waals surface area (Å²) < 4.78 is 0. The van der Waals surface area contributed by atoms with E-state index in [-0.39, 0.29) is 36.5 Å². The molecule has 0 aromatic heterocycles. The van der Waals surface area contributed by atoms with Crippen LogP contribution in [-0.2, 0) is 9.59 Å². The van der Waals surface area contributed by atoms with Gasteiger partial charge in [0.25, 0.3) is 5.91 Å². The van der Waals surface area contributed by atoms with Crippen molar-refractivity contribution in [2.75, 3.05) is 13.1 Å². The van der Waals surface area contributed by atoms with E-state index in [0.717, 1.165) is 29.2 Å². The van der Waals surface area contributed by atoms with Gasteiger partial charge in [-0.15, -0.1) is 0 Å². The SMILES string of the molecule is CC(=O)CCC(=O)NC1CCN(C(=O)c2cccc3ccccc23)CC1. The molecule has 1 N–H and O–H groups in total. The van der Waals surface area contributed by atoms with Crippen LogP contribution in [0.15, 0.2) is 42.5 Å². The van der Waals surface area contributed by atoms with Crippen molar-refractivity contribution in [2.45, 2.75) is 38.6 Å². The Bertz CT molecular complexity index is 818. The van der Waals surface area contributed by atoms with Crippen molar-refractivity contribution >= 4 is 28.4 Å². The fraction of sp³-hybridized carbons (Fsp3) is 0.381. The molecule has 2 amide bonds. The molecule has 0 atom stereocenters. The maximum Gasteiger partial charge on any atom is 0.254 e. The van der Waals surface area contributed by atoms with Crippen LogP contribution in [0.2, 0.25) is 0 Å². The molecule has 1 aliphatic heterocycles. The average molecular weight is 352 g/mol. The molecule has 136 valence electrons. The molecule has 1 aliphatic rings. The Kier molecular flexibility index (Phi) is 5.66. The zero-order valence-corrected chi connectivity index (χ0v) is 15.0. The maximum absolute atomic E-state index is 12.9. The Hall–Kier alpha value is -2.69. The lowest BCUT2D eigenvalue weighted by atomic mass is 10.0. The van der Waals surface area contributed by atoms with Gasteiger partial charge in [-0.1, -0.05) is 36.4 Å². The van der Waals surface area contributed by atoms with Crippen molar-refractivity contribution in [3.63, 3.8) is 0 Å². The Morgan fingerprint density at radius 1 is 1.00 bits per heavy atom. The van der Waals surface area contributed by atoms with E-state index in [2.05, 4.69) is 5.32 Å². The molecule has 26 heavy (non-hydrogen) atoms. The standard InChI is InChI=1S/C21H24N2O3/c1-15(24)9-10-20(25)22-17-11-13-23(14-12-17)21(26)19-8-4-6-16-5-2-3-7-18(16)19/h2-8,17H,9-14H2,1H3,(H,22,25). The number of likely N-dealkylation sites (tertiary alicyclic amines) is 1. The summed E-state index contributed by atoms with van der Waals surface area (Å²) in [6, 6.07) is 13.8. The Morgan fingerprint density at radius 2 is 1.69 bits per heavy atom. The lowest BCUT2D eigenvalue weighted by Gasteiger charge is -2.32. The van der Waals surface area contributed by atoms with Crippen LogP contribution in [0.1, 0.15) is 43.0 Å². The summed E-state index contributed by atoms with van der Waals surface area (Å²) in [7, 11) is 0. The first-order chi connectivity index (χ1) is 12.5. The molecule has 1 fully saturated rings. The summed E-state index contributed by atoms with van der Waals surface area (Å²) in [6.45, 7) is 2.74. The lowest BCUT2D eigenvalue weighted by molar-refractivity contribution is -0.125. The third kappa shape index (κ3) is 4.28. The number of amides is 2. The number of carbonyl (C=O) groups excluding carboxylic acids is 3. The number of rotatable bonds is 5. The Morgan fingerprint density at radius 3 is 2.42 bits per heavy atom. The molecule has 1 saturated heterocycles. The third-order valence-electron chi connectivity index (χ3n) is 4.87. The molecular weight excluding hydrogens is 328 g/mol. The molecule has 3 rings (SSSR count). The van der Waals surface area contributed by atoms with Crippen LogP contribution >= 0.6 is 0 Å². The topological polar surface area (TPSA) is 66.5 Å². The first-order valence-corrected chi connectivity index (χ1v) is 9.10. The number of nitrogens with one attached hydrogen (secondary N) is 1. The van der Waals surface area contributed by atoms with E-state index in [1.165, 1.54) is 6.92 Å². The summed E-state index contributed by atoms with van der Waals surface area (Å²) >= 11 is 0. The van der Waals surface area contributed by atoms with Crippen molar-refractivity contribution in [3.05, 3.63) is 48.0 Å². The van der Waals surface area contributed by atoms with Gasteiger partial charge >= 0.3 is 0 Å². The lowest BCUT2D eigenvalue weighted by Crippen LogP contribution is -2.46. The average Bonchev–Trinajstić information content (AvgIpc) is 2.66. The molecule has 0 spiro atoms. The van der Waals surface area contributed by atoms with Crippen molar-refractivity contribution < 1.29 is 14.4 Å². The monoisotopic (exact) mass is 352 g/mol. The molecular formula is C21H24N2O3. The fourth-order valence-electron chi connectivity index (χ4n) is 3.40. The highest BCUT2D eigenvalue weighted by Gasteiger charge is 2.25. The summed E-state index contributed by atoms with van der Waals surface area (Å²) in [5, 5.41) is 5.01. The van der Waals surface area contributed by atoms with Gasteiger partial charge in [0.1, 0.15) is 5.78 Å². The van der Waals surface area contributed by atoms with Crippen LogP contribution in [0.4, 0.5) is 0 Å². The minimum atomic E-state index is -0.0842. The molecule has 2 aromatic rings. The molecule has 2 aromatic carbocycles. The molecule has 0 unspecified atom stereocenters. The number of hydrogen-bond donors (Lipinski definition) is 1. The molecule has 5 heteroatoms. The highest BCUT2D eigenvalue weighted by Crippen LogP contribution is 2.22. The second kappa shape index (κ2) is 8.13. The van der Waals surface area contributed by atoms with Crippen LogP contribution in [0.25, 0.3) is 10.8 Å². The van der Waals surface area contributed by atoms with Gasteiger partial charge in [-0.25, -0.2) is 0 Å².